The van der Waals surface area contributed by atoms with Gasteiger partial charge in [-0.05, 0) is 43.5 Å². The molecule has 0 spiro atoms. The molecule has 2 aromatic carbocycles. The Balaban J connectivity index is 1.89. The van der Waals surface area contributed by atoms with Gasteiger partial charge in [-0.1, -0.05) is 12.1 Å². The number of methoxy groups -OCH3 is 1. The van der Waals surface area contributed by atoms with Crippen molar-refractivity contribution in [2.75, 3.05) is 25.1 Å². The van der Waals surface area contributed by atoms with E-state index in [2.05, 4.69) is 11.0 Å². The maximum Gasteiger partial charge on any atom is 0.133 e. The second-order valence-corrected chi connectivity index (χ2v) is 5.79. The van der Waals surface area contributed by atoms with Gasteiger partial charge in [-0.15, -0.1) is 0 Å². The summed E-state index contributed by atoms with van der Waals surface area (Å²) in [4.78, 5) is 2.42. The second kappa shape index (κ2) is 7.38. The lowest BCUT2D eigenvalue weighted by Gasteiger charge is -2.31. The molecule has 0 unspecified atom stereocenters. The Kier molecular flexibility index (Phi) is 5.03. The molecule has 1 fully saturated rings. The Labute approximate surface area is 137 Å². The van der Waals surface area contributed by atoms with Crippen molar-refractivity contribution in [1.82, 2.24) is 0 Å². The molecule has 0 bridgehead atoms. The van der Waals surface area contributed by atoms with Crippen molar-refractivity contribution in [3.63, 3.8) is 0 Å². The van der Waals surface area contributed by atoms with Crippen molar-refractivity contribution in [3.8, 4) is 17.2 Å². The molecule has 1 saturated heterocycles. The molecule has 0 radical (unpaired) electrons. The van der Waals surface area contributed by atoms with E-state index in [-0.39, 0.29) is 0 Å². The third-order valence-corrected chi connectivity index (χ3v) is 4.28. The van der Waals surface area contributed by atoms with Gasteiger partial charge in [-0.25, -0.2) is 0 Å². The zero-order chi connectivity index (χ0) is 16.1. The molecule has 23 heavy (non-hydrogen) atoms. The van der Waals surface area contributed by atoms with Crippen molar-refractivity contribution in [3.05, 3.63) is 48.0 Å². The van der Waals surface area contributed by atoms with Crippen LogP contribution in [0.3, 0.4) is 0 Å². The molecule has 4 heteroatoms. The summed E-state index contributed by atoms with van der Waals surface area (Å²) in [6.45, 7) is 2.65. The van der Waals surface area contributed by atoms with Crippen LogP contribution in [0, 0.1) is 0 Å². The van der Waals surface area contributed by atoms with E-state index in [1.54, 1.807) is 7.11 Å². The van der Waals surface area contributed by atoms with Crippen LogP contribution >= 0.6 is 0 Å². The normalized spacial score (nSPS) is 14.6. The first-order chi connectivity index (χ1) is 11.3. The summed E-state index contributed by atoms with van der Waals surface area (Å²) in [6.07, 6.45) is 3.80. The fourth-order valence-corrected chi connectivity index (χ4v) is 3.08. The maximum absolute atomic E-state index is 6.09. The van der Waals surface area contributed by atoms with Gasteiger partial charge < -0.3 is 20.1 Å². The molecule has 0 amide bonds. The average molecular weight is 312 g/mol. The minimum absolute atomic E-state index is 0.464. The standard InChI is InChI=1S/C19H24N2O2/c1-22-15-7-5-8-16(13-15)23-19-10-6-9-18(17(19)14-20)21-11-3-2-4-12-21/h5-10,13H,2-4,11-12,14,20H2,1H3. The summed E-state index contributed by atoms with van der Waals surface area (Å²) in [5.74, 6) is 2.36. The highest BCUT2D eigenvalue weighted by Gasteiger charge is 2.17. The summed E-state index contributed by atoms with van der Waals surface area (Å²) in [7, 11) is 1.65. The number of piperidine rings is 1. The van der Waals surface area contributed by atoms with Crippen molar-refractivity contribution < 1.29 is 9.47 Å². The third-order valence-electron chi connectivity index (χ3n) is 4.28. The predicted octanol–water partition coefficient (Wildman–Crippen LogP) is 3.94. The maximum atomic E-state index is 6.09. The topological polar surface area (TPSA) is 47.7 Å². The molecule has 0 aliphatic carbocycles. The molecule has 1 heterocycles. The van der Waals surface area contributed by atoms with Crippen LogP contribution in [0.25, 0.3) is 0 Å². The number of benzene rings is 2. The van der Waals surface area contributed by atoms with Crippen LogP contribution in [0.2, 0.25) is 0 Å². The first-order valence-electron chi connectivity index (χ1n) is 8.20. The van der Waals surface area contributed by atoms with Gasteiger partial charge in [0.1, 0.15) is 17.2 Å². The zero-order valence-electron chi connectivity index (χ0n) is 13.6. The lowest BCUT2D eigenvalue weighted by atomic mass is 10.1. The van der Waals surface area contributed by atoms with E-state index in [0.29, 0.717) is 6.54 Å². The fraction of sp³-hybridized carbons (Fsp3) is 0.368. The predicted molar refractivity (Wildman–Crippen MR) is 93.5 cm³/mol. The first kappa shape index (κ1) is 15.7. The van der Waals surface area contributed by atoms with E-state index < -0.39 is 0 Å². The Morgan fingerprint density at radius 3 is 2.48 bits per heavy atom. The van der Waals surface area contributed by atoms with Crippen molar-refractivity contribution in [2.45, 2.75) is 25.8 Å². The molecule has 0 aromatic heterocycles. The molecule has 1 aliphatic rings. The largest absolute Gasteiger partial charge is 0.497 e. The molecule has 122 valence electrons. The molecule has 2 aromatic rings. The van der Waals surface area contributed by atoms with Gasteiger partial charge in [-0.2, -0.15) is 0 Å². The SMILES string of the molecule is COc1cccc(Oc2cccc(N3CCCCC3)c2CN)c1. The van der Waals surface area contributed by atoms with Crippen LogP contribution in [0.15, 0.2) is 42.5 Å². The summed E-state index contributed by atoms with van der Waals surface area (Å²) in [6, 6.07) is 13.8. The lowest BCUT2D eigenvalue weighted by molar-refractivity contribution is 0.408. The number of nitrogens with zero attached hydrogens (tertiary/aromatic N) is 1. The Morgan fingerprint density at radius 1 is 1.00 bits per heavy atom. The average Bonchev–Trinajstić information content (AvgIpc) is 2.62. The quantitative estimate of drug-likeness (QED) is 0.908. The molecule has 4 nitrogen and oxygen atoms in total. The molecule has 0 atom stereocenters. The van der Waals surface area contributed by atoms with E-state index in [9.17, 15) is 0 Å². The molecular formula is C19H24N2O2. The third kappa shape index (κ3) is 3.59. The van der Waals surface area contributed by atoms with Crippen LogP contribution in [-0.4, -0.2) is 20.2 Å². The van der Waals surface area contributed by atoms with Gasteiger partial charge in [0.05, 0.1) is 7.11 Å². The molecular weight excluding hydrogens is 288 g/mol. The highest BCUT2D eigenvalue weighted by molar-refractivity contribution is 5.60. The van der Waals surface area contributed by atoms with E-state index in [4.69, 9.17) is 15.2 Å². The van der Waals surface area contributed by atoms with Gasteiger partial charge in [-0.3, -0.25) is 0 Å². The van der Waals surface area contributed by atoms with Crippen LogP contribution in [0.1, 0.15) is 24.8 Å². The second-order valence-electron chi connectivity index (χ2n) is 5.79. The van der Waals surface area contributed by atoms with Gasteiger partial charge in [0, 0.05) is 37.0 Å². The van der Waals surface area contributed by atoms with Gasteiger partial charge in [0.2, 0.25) is 0 Å². The first-order valence-corrected chi connectivity index (χ1v) is 8.20. The highest BCUT2D eigenvalue weighted by Crippen LogP contribution is 2.34. The summed E-state index contributed by atoms with van der Waals surface area (Å²) >= 11 is 0. The van der Waals surface area contributed by atoms with Crippen LogP contribution in [0.5, 0.6) is 17.2 Å². The van der Waals surface area contributed by atoms with Gasteiger partial charge in [0.15, 0.2) is 0 Å². The summed E-state index contributed by atoms with van der Waals surface area (Å²) in [5.41, 5.74) is 8.30. The van der Waals surface area contributed by atoms with E-state index in [1.165, 1.54) is 24.9 Å². The zero-order valence-corrected chi connectivity index (χ0v) is 13.6. The molecule has 2 N–H and O–H groups in total. The number of rotatable bonds is 5. The Bertz CT molecular complexity index is 652. The van der Waals surface area contributed by atoms with Gasteiger partial charge in [0.25, 0.3) is 0 Å². The minimum atomic E-state index is 0.464. The van der Waals surface area contributed by atoms with Crippen molar-refractivity contribution >= 4 is 5.69 Å². The van der Waals surface area contributed by atoms with E-state index >= 15 is 0 Å². The van der Waals surface area contributed by atoms with Crippen LogP contribution in [-0.2, 0) is 6.54 Å². The van der Waals surface area contributed by atoms with Crippen LogP contribution < -0.4 is 20.1 Å². The smallest absolute Gasteiger partial charge is 0.133 e. The monoisotopic (exact) mass is 312 g/mol. The Hall–Kier alpha value is -2.20. The minimum Gasteiger partial charge on any atom is -0.497 e. The van der Waals surface area contributed by atoms with Crippen molar-refractivity contribution in [1.29, 1.82) is 0 Å². The number of hydrogen-bond acceptors (Lipinski definition) is 4. The van der Waals surface area contributed by atoms with E-state index in [1.807, 2.05) is 36.4 Å². The summed E-state index contributed by atoms with van der Waals surface area (Å²) in [5, 5.41) is 0. The number of nitrogens with two attached hydrogens (primary N) is 1. The van der Waals surface area contributed by atoms with Gasteiger partial charge >= 0.3 is 0 Å². The lowest BCUT2D eigenvalue weighted by Crippen LogP contribution is -2.30. The highest BCUT2D eigenvalue weighted by atomic mass is 16.5. The molecule has 1 aliphatic heterocycles. The molecule has 0 saturated carbocycles. The number of anilines is 1. The molecule has 3 rings (SSSR count). The number of ether oxygens (including phenoxy) is 2. The fourth-order valence-electron chi connectivity index (χ4n) is 3.08. The Morgan fingerprint density at radius 2 is 1.74 bits per heavy atom. The van der Waals surface area contributed by atoms with E-state index in [0.717, 1.165) is 35.9 Å². The van der Waals surface area contributed by atoms with Crippen molar-refractivity contribution in [2.24, 2.45) is 5.73 Å². The number of hydrogen-bond donors (Lipinski definition) is 1. The van der Waals surface area contributed by atoms with Crippen LogP contribution in [0.4, 0.5) is 5.69 Å². The summed E-state index contributed by atoms with van der Waals surface area (Å²) < 4.78 is 11.3.